The highest BCUT2D eigenvalue weighted by molar-refractivity contribution is 9.10. The third-order valence-corrected chi connectivity index (χ3v) is 4.26. The SMILES string of the molecule is Nc1ccc(N2CCCCc3ccccc32)c(Br)c1. The lowest BCUT2D eigenvalue weighted by Crippen LogP contribution is -2.18. The van der Waals surface area contributed by atoms with Crippen LogP contribution in [0.4, 0.5) is 17.1 Å². The number of benzene rings is 2. The molecule has 2 nitrogen and oxygen atoms in total. The van der Waals surface area contributed by atoms with E-state index in [9.17, 15) is 0 Å². The lowest BCUT2D eigenvalue weighted by Gasteiger charge is -2.26. The van der Waals surface area contributed by atoms with Gasteiger partial charge in [-0.25, -0.2) is 0 Å². The molecule has 0 aromatic heterocycles. The van der Waals surface area contributed by atoms with Gasteiger partial charge >= 0.3 is 0 Å². The summed E-state index contributed by atoms with van der Waals surface area (Å²) in [6.07, 6.45) is 3.63. The van der Waals surface area contributed by atoms with E-state index in [1.165, 1.54) is 36.2 Å². The van der Waals surface area contributed by atoms with Crippen molar-refractivity contribution in [2.45, 2.75) is 19.3 Å². The molecule has 19 heavy (non-hydrogen) atoms. The molecule has 0 atom stereocenters. The van der Waals surface area contributed by atoms with Crippen LogP contribution in [0.2, 0.25) is 0 Å². The summed E-state index contributed by atoms with van der Waals surface area (Å²) in [4.78, 5) is 2.39. The van der Waals surface area contributed by atoms with Gasteiger partial charge in [-0.15, -0.1) is 0 Å². The zero-order chi connectivity index (χ0) is 13.2. The summed E-state index contributed by atoms with van der Waals surface area (Å²) in [7, 11) is 0. The number of anilines is 3. The number of nitrogen functional groups attached to an aromatic ring is 1. The van der Waals surface area contributed by atoms with Gasteiger partial charge in [-0.2, -0.15) is 0 Å². The van der Waals surface area contributed by atoms with E-state index in [0.717, 1.165) is 16.7 Å². The van der Waals surface area contributed by atoms with Gasteiger partial charge in [0.1, 0.15) is 0 Å². The fourth-order valence-corrected chi connectivity index (χ4v) is 3.29. The third-order valence-electron chi connectivity index (χ3n) is 3.62. The smallest absolute Gasteiger partial charge is 0.0556 e. The molecule has 0 unspecified atom stereocenters. The van der Waals surface area contributed by atoms with Crippen LogP contribution in [0.5, 0.6) is 0 Å². The quantitative estimate of drug-likeness (QED) is 0.784. The van der Waals surface area contributed by atoms with Gasteiger partial charge in [0.05, 0.1) is 5.69 Å². The Kier molecular flexibility index (Phi) is 3.47. The number of para-hydroxylation sites is 1. The number of hydrogen-bond donors (Lipinski definition) is 1. The van der Waals surface area contributed by atoms with Gasteiger partial charge in [0.25, 0.3) is 0 Å². The van der Waals surface area contributed by atoms with Crippen molar-refractivity contribution in [1.29, 1.82) is 0 Å². The summed E-state index contributed by atoms with van der Waals surface area (Å²) in [5.41, 5.74) is 10.6. The van der Waals surface area contributed by atoms with Crippen LogP contribution >= 0.6 is 15.9 Å². The van der Waals surface area contributed by atoms with E-state index < -0.39 is 0 Å². The van der Waals surface area contributed by atoms with Crippen molar-refractivity contribution < 1.29 is 0 Å². The van der Waals surface area contributed by atoms with Gasteiger partial charge in [0.2, 0.25) is 0 Å². The Hall–Kier alpha value is -1.48. The van der Waals surface area contributed by atoms with Crippen molar-refractivity contribution >= 4 is 33.0 Å². The van der Waals surface area contributed by atoms with Crippen molar-refractivity contribution in [1.82, 2.24) is 0 Å². The van der Waals surface area contributed by atoms with Crippen LogP contribution < -0.4 is 10.6 Å². The van der Waals surface area contributed by atoms with Crippen molar-refractivity contribution in [3.63, 3.8) is 0 Å². The molecule has 0 bridgehead atoms. The Balaban J connectivity index is 2.09. The van der Waals surface area contributed by atoms with E-state index in [0.29, 0.717) is 0 Å². The summed E-state index contributed by atoms with van der Waals surface area (Å²) >= 11 is 3.64. The number of rotatable bonds is 1. The second-order valence-electron chi connectivity index (χ2n) is 4.95. The highest BCUT2D eigenvalue weighted by atomic mass is 79.9. The summed E-state index contributed by atoms with van der Waals surface area (Å²) in [5, 5.41) is 0. The van der Waals surface area contributed by atoms with Gasteiger partial charge in [-0.1, -0.05) is 18.2 Å². The minimum atomic E-state index is 0.790. The van der Waals surface area contributed by atoms with Crippen LogP contribution in [0.15, 0.2) is 46.9 Å². The highest BCUT2D eigenvalue weighted by Gasteiger charge is 2.18. The molecule has 98 valence electrons. The molecule has 0 spiro atoms. The second kappa shape index (κ2) is 5.25. The zero-order valence-electron chi connectivity index (χ0n) is 10.8. The summed E-state index contributed by atoms with van der Waals surface area (Å²) in [6, 6.07) is 14.7. The predicted molar refractivity (Wildman–Crippen MR) is 84.9 cm³/mol. The molecular weight excluding hydrogens is 300 g/mol. The molecule has 3 rings (SSSR count). The highest BCUT2D eigenvalue weighted by Crippen LogP contribution is 2.37. The Morgan fingerprint density at radius 2 is 1.84 bits per heavy atom. The van der Waals surface area contributed by atoms with E-state index in [1.807, 2.05) is 12.1 Å². The first-order valence-electron chi connectivity index (χ1n) is 6.66. The minimum absolute atomic E-state index is 0.790. The number of hydrogen-bond acceptors (Lipinski definition) is 2. The molecule has 1 heterocycles. The summed E-state index contributed by atoms with van der Waals surface area (Å²) in [6.45, 7) is 1.06. The topological polar surface area (TPSA) is 29.3 Å². The van der Waals surface area contributed by atoms with Crippen molar-refractivity contribution in [3.05, 3.63) is 52.5 Å². The van der Waals surface area contributed by atoms with E-state index >= 15 is 0 Å². The number of aryl methyl sites for hydroxylation is 1. The van der Waals surface area contributed by atoms with Crippen LogP contribution in [-0.4, -0.2) is 6.54 Å². The molecular formula is C16H17BrN2. The molecule has 1 aliphatic rings. The maximum atomic E-state index is 5.83. The molecule has 2 N–H and O–H groups in total. The number of fused-ring (bicyclic) bond motifs is 1. The first-order chi connectivity index (χ1) is 9.25. The van der Waals surface area contributed by atoms with E-state index in [4.69, 9.17) is 5.73 Å². The van der Waals surface area contributed by atoms with Crippen LogP contribution in [-0.2, 0) is 6.42 Å². The van der Waals surface area contributed by atoms with Gasteiger partial charge in [-0.3, -0.25) is 0 Å². The second-order valence-corrected chi connectivity index (χ2v) is 5.80. The molecule has 0 amide bonds. The van der Waals surface area contributed by atoms with E-state index in [2.05, 4.69) is 51.2 Å². The van der Waals surface area contributed by atoms with Crippen LogP contribution in [0.1, 0.15) is 18.4 Å². The largest absolute Gasteiger partial charge is 0.399 e. The Bertz CT molecular complexity index is 595. The van der Waals surface area contributed by atoms with Crippen molar-refractivity contribution in [2.75, 3.05) is 17.2 Å². The standard InChI is InChI=1S/C16H17BrN2/c17-14-11-13(18)8-9-16(14)19-10-4-3-6-12-5-1-2-7-15(12)19/h1-2,5,7-9,11H,3-4,6,10,18H2. The zero-order valence-corrected chi connectivity index (χ0v) is 12.4. The van der Waals surface area contributed by atoms with Crippen LogP contribution in [0.3, 0.4) is 0 Å². The Morgan fingerprint density at radius 1 is 1.00 bits per heavy atom. The van der Waals surface area contributed by atoms with Crippen molar-refractivity contribution in [3.8, 4) is 0 Å². The van der Waals surface area contributed by atoms with Crippen molar-refractivity contribution in [2.24, 2.45) is 0 Å². The lowest BCUT2D eigenvalue weighted by atomic mass is 10.1. The fourth-order valence-electron chi connectivity index (χ4n) is 2.68. The maximum absolute atomic E-state index is 5.83. The number of nitrogens with two attached hydrogens (primary N) is 1. The maximum Gasteiger partial charge on any atom is 0.0556 e. The first-order valence-corrected chi connectivity index (χ1v) is 7.45. The Morgan fingerprint density at radius 3 is 2.68 bits per heavy atom. The molecule has 0 fully saturated rings. The predicted octanol–water partition coefficient (Wildman–Crippen LogP) is 4.51. The third kappa shape index (κ3) is 2.47. The van der Waals surface area contributed by atoms with Crippen LogP contribution in [0.25, 0.3) is 0 Å². The lowest BCUT2D eigenvalue weighted by molar-refractivity contribution is 0.761. The monoisotopic (exact) mass is 316 g/mol. The molecule has 1 aliphatic heterocycles. The fraction of sp³-hybridized carbons (Fsp3) is 0.250. The summed E-state index contributed by atoms with van der Waals surface area (Å²) in [5.74, 6) is 0. The van der Waals surface area contributed by atoms with Gasteiger partial charge in [0, 0.05) is 22.4 Å². The summed E-state index contributed by atoms with van der Waals surface area (Å²) < 4.78 is 1.06. The molecule has 0 saturated carbocycles. The van der Waals surface area contributed by atoms with Gasteiger partial charge in [-0.05, 0) is 65.0 Å². The molecule has 3 heteroatoms. The van der Waals surface area contributed by atoms with Gasteiger partial charge < -0.3 is 10.6 Å². The minimum Gasteiger partial charge on any atom is -0.399 e. The molecule has 2 aromatic carbocycles. The van der Waals surface area contributed by atoms with Gasteiger partial charge in [0.15, 0.2) is 0 Å². The molecule has 2 aromatic rings. The number of nitrogens with zero attached hydrogens (tertiary/aromatic N) is 1. The first kappa shape index (κ1) is 12.5. The normalized spacial score (nSPS) is 14.9. The molecule has 0 saturated heterocycles. The molecule has 0 aliphatic carbocycles. The van der Waals surface area contributed by atoms with E-state index in [1.54, 1.807) is 0 Å². The average Bonchev–Trinajstić information content (AvgIpc) is 2.61. The molecule has 0 radical (unpaired) electrons. The van der Waals surface area contributed by atoms with Crippen LogP contribution in [0, 0.1) is 0 Å². The number of halogens is 1. The average molecular weight is 317 g/mol. The van der Waals surface area contributed by atoms with E-state index in [-0.39, 0.29) is 0 Å². The Labute approximate surface area is 122 Å².